The van der Waals surface area contributed by atoms with E-state index in [2.05, 4.69) is 39.9 Å². The van der Waals surface area contributed by atoms with Crippen LogP contribution < -0.4 is 5.32 Å². The molecule has 0 heterocycles. The maximum absolute atomic E-state index is 13.4. The number of hydrogen-bond donors (Lipinski definition) is 1. The second kappa shape index (κ2) is 6.91. The maximum Gasteiger partial charge on any atom is 0.123 e. The first-order chi connectivity index (χ1) is 9.50. The lowest BCUT2D eigenvalue weighted by atomic mass is 9.81. The third kappa shape index (κ3) is 6.60. The van der Waals surface area contributed by atoms with Crippen LogP contribution in [0.4, 0.5) is 4.39 Å². The molecule has 0 aliphatic heterocycles. The standard InChI is InChI=1S/C19H32FN/c1-14-12-16(20)13-15(2)17(14)8-9-19(6,7)10-11-21-18(3,4)5/h12-13,21H,8-11H2,1-7H3. The molecule has 0 aromatic heterocycles. The molecule has 0 fully saturated rings. The van der Waals surface area contributed by atoms with Gasteiger partial charge < -0.3 is 5.32 Å². The van der Waals surface area contributed by atoms with E-state index in [9.17, 15) is 4.39 Å². The van der Waals surface area contributed by atoms with Crippen LogP contribution in [0, 0.1) is 25.1 Å². The molecule has 1 N–H and O–H groups in total. The van der Waals surface area contributed by atoms with Crippen molar-refractivity contribution in [3.8, 4) is 0 Å². The minimum atomic E-state index is -0.123. The Hall–Kier alpha value is -0.890. The highest BCUT2D eigenvalue weighted by Crippen LogP contribution is 2.29. The number of aryl methyl sites for hydroxylation is 2. The van der Waals surface area contributed by atoms with Crippen LogP contribution >= 0.6 is 0 Å². The van der Waals surface area contributed by atoms with Gasteiger partial charge in [-0.05, 0) is 94.7 Å². The zero-order chi connectivity index (χ0) is 16.3. The van der Waals surface area contributed by atoms with E-state index in [0.29, 0.717) is 5.41 Å². The Balaban J connectivity index is 2.57. The van der Waals surface area contributed by atoms with Crippen molar-refractivity contribution >= 4 is 0 Å². The van der Waals surface area contributed by atoms with Crippen LogP contribution in [0.2, 0.25) is 0 Å². The van der Waals surface area contributed by atoms with Crippen LogP contribution in [0.25, 0.3) is 0 Å². The van der Waals surface area contributed by atoms with Gasteiger partial charge in [0.15, 0.2) is 0 Å². The first-order valence-corrected chi connectivity index (χ1v) is 8.01. The highest BCUT2D eigenvalue weighted by atomic mass is 19.1. The molecule has 0 atom stereocenters. The van der Waals surface area contributed by atoms with E-state index in [1.807, 2.05) is 13.8 Å². The summed E-state index contributed by atoms with van der Waals surface area (Å²) in [6, 6.07) is 3.30. The van der Waals surface area contributed by atoms with Gasteiger partial charge in [-0.1, -0.05) is 13.8 Å². The molecule has 0 unspecified atom stereocenters. The summed E-state index contributed by atoms with van der Waals surface area (Å²) in [6.45, 7) is 16.3. The predicted molar refractivity (Wildman–Crippen MR) is 90.3 cm³/mol. The third-order valence-corrected chi connectivity index (χ3v) is 4.17. The molecular formula is C19H32FN. The van der Waals surface area contributed by atoms with E-state index in [0.717, 1.165) is 36.9 Å². The molecule has 1 nitrogen and oxygen atoms in total. The maximum atomic E-state index is 13.4. The summed E-state index contributed by atoms with van der Waals surface area (Å²) < 4.78 is 13.4. The summed E-state index contributed by atoms with van der Waals surface area (Å²) >= 11 is 0. The van der Waals surface area contributed by atoms with Crippen LogP contribution in [0.1, 0.15) is 64.2 Å². The number of halogens is 1. The van der Waals surface area contributed by atoms with Crippen LogP contribution in [0.3, 0.4) is 0 Å². The molecule has 0 aliphatic rings. The lowest BCUT2D eigenvalue weighted by Crippen LogP contribution is -2.38. The Morgan fingerprint density at radius 1 is 0.952 bits per heavy atom. The highest BCUT2D eigenvalue weighted by Gasteiger charge is 2.20. The van der Waals surface area contributed by atoms with Gasteiger partial charge in [-0.25, -0.2) is 4.39 Å². The van der Waals surface area contributed by atoms with E-state index in [1.54, 1.807) is 12.1 Å². The second-order valence-corrected chi connectivity index (χ2v) is 8.11. The minimum Gasteiger partial charge on any atom is -0.312 e. The summed E-state index contributed by atoms with van der Waals surface area (Å²) in [7, 11) is 0. The molecule has 120 valence electrons. The topological polar surface area (TPSA) is 12.0 Å². The Morgan fingerprint density at radius 3 is 1.95 bits per heavy atom. The van der Waals surface area contributed by atoms with Gasteiger partial charge >= 0.3 is 0 Å². The van der Waals surface area contributed by atoms with Crippen molar-refractivity contribution in [3.63, 3.8) is 0 Å². The lowest BCUT2D eigenvalue weighted by molar-refractivity contribution is 0.284. The molecule has 0 amide bonds. The zero-order valence-electron chi connectivity index (χ0n) is 14.9. The quantitative estimate of drug-likeness (QED) is 0.762. The van der Waals surface area contributed by atoms with Crippen LogP contribution in [-0.4, -0.2) is 12.1 Å². The summed E-state index contributed by atoms with van der Waals surface area (Å²) in [5.74, 6) is -0.123. The van der Waals surface area contributed by atoms with Crippen molar-refractivity contribution in [2.24, 2.45) is 5.41 Å². The zero-order valence-corrected chi connectivity index (χ0v) is 14.9. The number of rotatable bonds is 6. The first-order valence-electron chi connectivity index (χ1n) is 8.01. The molecule has 0 saturated heterocycles. The van der Waals surface area contributed by atoms with Gasteiger partial charge in [0.1, 0.15) is 5.82 Å². The molecule has 1 aromatic rings. The van der Waals surface area contributed by atoms with E-state index < -0.39 is 0 Å². The summed E-state index contributed by atoms with van der Waals surface area (Å²) in [5, 5.41) is 3.56. The average molecular weight is 293 g/mol. The van der Waals surface area contributed by atoms with Gasteiger partial charge in [-0.3, -0.25) is 0 Å². The summed E-state index contributed by atoms with van der Waals surface area (Å²) in [4.78, 5) is 0. The number of hydrogen-bond acceptors (Lipinski definition) is 1. The molecular weight excluding hydrogens is 261 g/mol. The normalized spacial score (nSPS) is 12.8. The minimum absolute atomic E-state index is 0.123. The molecule has 1 aromatic carbocycles. The van der Waals surface area contributed by atoms with Crippen molar-refractivity contribution < 1.29 is 4.39 Å². The van der Waals surface area contributed by atoms with E-state index in [1.165, 1.54) is 5.56 Å². The Kier molecular flexibility index (Phi) is 5.98. The van der Waals surface area contributed by atoms with Gasteiger partial charge in [-0.15, -0.1) is 0 Å². The average Bonchev–Trinajstić information content (AvgIpc) is 2.24. The summed E-state index contributed by atoms with van der Waals surface area (Å²) in [5.41, 5.74) is 3.95. The SMILES string of the molecule is Cc1cc(F)cc(C)c1CCC(C)(C)CCNC(C)(C)C. The Morgan fingerprint density at radius 2 is 1.48 bits per heavy atom. The number of benzene rings is 1. The molecule has 21 heavy (non-hydrogen) atoms. The van der Waals surface area contributed by atoms with Gasteiger partial charge in [0.25, 0.3) is 0 Å². The smallest absolute Gasteiger partial charge is 0.123 e. The monoisotopic (exact) mass is 293 g/mol. The van der Waals surface area contributed by atoms with Crippen LogP contribution in [0.5, 0.6) is 0 Å². The van der Waals surface area contributed by atoms with E-state index in [-0.39, 0.29) is 11.4 Å². The fourth-order valence-corrected chi connectivity index (χ4v) is 2.70. The van der Waals surface area contributed by atoms with E-state index in [4.69, 9.17) is 0 Å². The van der Waals surface area contributed by atoms with Gasteiger partial charge in [0.2, 0.25) is 0 Å². The predicted octanol–water partition coefficient (Wildman–Crippen LogP) is 5.18. The van der Waals surface area contributed by atoms with Gasteiger partial charge in [0, 0.05) is 5.54 Å². The largest absolute Gasteiger partial charge is 0.312 e. The molecule has 2 heteroatoms. The Labute approximate surface area is 130 Å². The van der Waals surface area contributed by atoms with Crippen LogP contribution in [-0.2, 0) is 6.42 Å². The number of nitrogens with one attached hydrogen (secondary N) is 1. The van der Waals surface area contributed by atoms with E-state index >= 15 is 0 Å². The molecule has 0 radical (unpaired) electrons. The van der Waals surface area contributed by atoms with Crippen molar-refractivity contribution in [2.45, 2.75) is 73.3 Å². The third-order valence-electron chi connectivity index (χ3n) is 4.17. The van der Waals surface area contributed by atoms with Crippen molar-refractivity contribution in [1.82, 2.24) is 5.32 Å². The lowest BCUT2D eigenvalue weighted by Gasteiger charge is -2.28. The second-order valence-electron chi connectivity index (χ2n) is 8.11. The van der Waals surface area contributed by atoms with Crippen molar-refractivity contribution in [1.29, 1.82) is 0 Å². The van der Waals surface area contributed by atoms with Crippen molar-refractivity contribution in [3.05, 3.63) is 34.6 Å². The fourth-order valence-electron chi connectivity index (χ4n) is 2.70. The highest BCUT2D eigenvalue weighted by molar-refractivity contribution is 5.34. The molecule has 0 spiro atoms. The van der Waals surface area contributed by atoms with Gasteiger partial charge in [0.05, 0.1) is 0 Å². The van der Waals surface area contributed by atoms with Crippen molar-refractivity contribution in [2.75, 3.05) is 6.54 Å². The fraction of sp³-hybridized carbons (Fsp3) is 0.684. The molecule has 0 aliphatic carbocycles. The summed E-state index contributed by atoms with van der Waals surface area (Å²) in [6.07, 6.45) is 3.32. The molecule has 0 saturated carbocycles. The Bertz CT molecular complexity index is 446. The van der Waals surface area contributed by atoms with Gasteiger partial charge in [-0.2, -0.15) is 0 Å². The molecule has 0 bridgehead atoms. The van der Waals surface area contributed by atoms with Crippen LogP contribution in [0.15, 0.2) is 12.1 Å². The first kappa shape index (κ1) is 18.2. The molecule has 1 rings (SSSR count).